The van der Waals surface area contributed by atoms with Gasteiger partial charge in [-0.3, -0.25) is 9.89 Å². The van der Waals surface area contributed by atoms with Crippen molar-refractivity contribution in [2.75, 3.05) is 5.32 Å². The number of aromatic amines is 1. The van der Waals surface area contributed by atoms with Crippen LogP contribution in [-0.2, 0) is 4.79 Å². The summed E-state index contributed by atoms with van der Waals surface area (Å²) in [6, 6.07) is 16.9. The standard InChI is InChI=1S/C17H15IN4O/c18-22-16(13-4-2-1-3-5-13)17(23)21-15-8-6-12(7-9-15)14-10-19-20-11-14/h1-11,16,22H,(H,19,20)(H,21,23). The van der Waals surface area contributed by atoms with Crippen molar-refractivity contribution in [3.63, 3.8) is 0 Å². The van der Waals surface area contributed by atoms with E-state index in [-0.39, 0.29) is 5.91 Å². The maximum atomic E-state index is 12.5. The van der Waals surface area contributed by atoms with Gasteiger partial charge in [0.1, 0.15) is 6.04 Å². The van der Waals surface area contributed by atoms with Crippen LogP contribution < -0.4 is 8.85 Å². The molecule has 1 atom stereocenters. The molecule has 6 heteroatoms. The van der Waals surface area contributed by atoms with Crippen molar-refractivity contribution in [2.24, 2.45) is 0 Å². The highest BCUT2D eigenvalue weighted by molar-refractivity contribution is 14.1. The Morgan fingerprint density at radius 2 is 1.78 bits per heavy atom. The zero-order valence-electron chi connectivity index (χ0n) is 12.2. The van der Waals surface area contributed by atoms with Crippen LogP contribution in [0.5, 0.6) is 0 Å². The highest BCUT2D eigenvalue weighted by Crippen LogP contribution is 2.21. The third-order valence-electron chi connectivity index (χ3n) is 3.49. The van der Waals surface area contributed by atoms with Gasteiger partial charge in [0.05, 0.1) is 6.20 Å². The number of hydrogen-bond acceptors (Lipinski definition) is 3. The number of rotatable bonds is 5. The van der Waals surface area contributed by atoms with Crippen LogP contribution in [0.4, 0.5) is 5.69 Å². The average molecular weight is 418 g/mol. The second-order valence-corrected chi connectivity index (χ2v) is 5.63. The van der Waals surface area contributed by atoms with Crippen molar-refractivity contribution in [2.45, 2.75) is 6.04 Å². The van der Waals surface area contributed by atoms with Gasteiger partial charge in [0, 0.05) is 40.3 Å². The molecule has 5 nitrogen and oxygen atoms in total. The minimum absolute atomic E-state index is 0.0957. The number of nitrogens with one attached hydrogen (secondary N) is 3. The number of hydrogen-bond donors (Lipinski definition) is 3. The normalized spacial score (nSPS) is 11.9. The molecule has 23 heavy (non-hydrogen) atoms. The lowest BCUT2D eigenvalue weighted by atomic mass is 10.1. The fourth-order valence-corrected chi connectivity index (χ4v) is 2.92. The molecule has 0 saturated heterocycles. The third kappa shape index (κ3) is 3.77. The van der Waals surface area contributed by atoms with Crippen LogP contribution in [0, 0.1) is 0 Å². The van der Waals surface area contributed by atoms with Gasteiger partial charge in [-0.05, 0) is 23.3 Å². The Morgan fingerprint density at radius 1 is 1.04 bits per heavy atom. The predicted molar refractivity (Wildman–Crippen MR) is 99.0 cm³/mol. The molecule has 0 aliphatic heterocycles. The van der Waals surface area contributed by atoms with Crippen LogP contribution in [-0.4, -0.2) is 16.1 Å². The monoisotopic (exact) mass is 418 g/mol. The highest BCUT2D eigenvalue weighted by atomic mass is 127. The van der Waals surface area contributed by atoms with Crippen LogP contribution >= 0.6 is 22.9 Å². The lowest BCUT2D eigenvalue weighted by Gasteiger charge is -2.15. The molecule has 3 N–H and O–H groups in total. The van der Waals surface area contributed by atoms with Crippen LogP contribution in [0.1, 0.15) is 11.6 Å². The van der Waals surface area contributed by atoms with Crippen molar-refractivity contribution in [3.05, 3.63) is 72.6 Å². The number of H-pyrrole nitrogens is 1. The maximum Gasteiger partial charge on any atom is 0.246 e. The van der Waals surface area contributed by atoms with E-state index < -0.39 is 6.04 Å². The topological polar surface area (TPSA) is 69.8 Å². The van der Waals surface area contributed by atoms with Gasteiger partial charge in [-0.15, -0.1) is 0 Å². The van der Waals surface area contributed by atoms with Crippen molar-refractivity contribution < 1.29 is 4.79 Å². The summed E-state index contributed by atoms with van der Waals surface area (Å²) >= 11 is 2.00. The first-order valence-electron chi connectivity index (χ1n) is 7.09. The number of nitrogens with zero attached hydrogens (tertiary/aromatic N) is 1. The van der Waals surface area contributed by atoms with E-state index in [1.54, 1.807) is 6.20 Å². The Kier molecular flexibility index (Phi) is 5.04. The lowest BCUT2D eigenvalue weighted by Crippen LogP contribution is -2.27. The largest absolute Gasteiger partial charge is 0.324 e. The van der Waals surface area contributed by atoms with Gasteiger partial charge < -0.3 is 5.32 Å². The van der Waals surface area contributed by atoms with E-state index in [1.807, 2.05) is 83.7 Å². The first kappa shape index (κ1) is 15.7. The van der Waals surface area contributed by atoms with Crippen LogP contribution in [0.15, 0.2) is 67.0 Å². The molecule has 0 aliphatic rings. The number of amides is 1. The molecule has 116 valence electrons. The van der Waals surface area contributed by atoms with Gasteiger partial charge in [-0.25, -0.2) is 3.53 Å². The van der Waals surface area contributed by atoms with Crippen LogP contribution in [0.2, 0.25) is 0 Å². The highest BCUT2D eigenvalue weighted by Gasteiger charge is 2.19. The number of aromatic nitrogens is 2. The summed E-state index contributed by atoms with van der Waals surface area (Å²) in [6.45, 7) is 0. The maximum absolute atomic E-state index is 12.5. The van der Waals surface area contributed by atoms with E-state index in [2.05, 4.69) is 19.0 Å². The Hall–Kier alpha value is -2.19. The molecule has 0 bridgehead atoms. The summed E-state index contributed by atoms with van der Waals surface area (Å²) in [5.41, 5.74) is 3.74. The van der Waals surface area contributed by atoms with Crippen molar-refractivity contribution in [3.8, 4) is 11.1 Å². The van der Waals surface area contributed by atoms with Crippen molar-refractivity contribution in [1.82, 2.24) is 13.7 Å². The fraction of sp³-hybridized carbons (Fsp3) is 0.0588. The number of carbonyl (C=O) groups is 1. The van der Waals surface area contributed by atoms with E-state index >= 15 is 0 Å². The van der Waals surface area contributed by atoms with Crippen LogP contribution in [0.25, 0.3) is 11.1 Å². The Labute approximate surface area is 148 Å². The summed E-state index contributed by atoms with van der Waals surface area (Å²) in [5.74, 6) is -0.0957. The third-order valence-corrected chi connectivity index (χ3v) is 4.11. The second-order valence-electron chi connectivity index (χ2n) is 5.01. The van der Waals surface area contributed by atoms with E-state index in [0.717, 1.165) is 22.4 Å². The Bertz CT molecular complexity index is 757. The molecule has 0 saturated carbocycles. The lowest BCUT2D eigenvalue weighted by molar-refractivity contribution is -0.117. The van der Waals surface area contributed by atoms with Gasteiger partial charge in [-0.1, -0.05) is 42.5 Å². The number of anilines is 1. The first-order chi connectivity index (χ1) is 11.3. The first-order valence-corrected chi connectivity index (χ1v) is 8.17. The van der Waals surface area contributed by atoms with E-state index in [9.17, 15) is 4.79 Å². The SMILES string of the molecule is O=C(Nc1ccc(-c2cn[nH]c2)cc1)C(NI)c1ccccc1. The molecular formula is C17H15IN4O. The molecule has 2 aromatic carbocycles. The summed E-state index contributed by atoms with van der Waals surface area (Å²) in [7, 11) is 0. The van der Waals surface area contributed by atoms with Gasteiger partial charge in [0.15, 0.2) is 0 Å². The van der Waals surface area contributed by atoms with Crippen LogP contribution in [0.3, 0.4) is 0 Å². The van der Waals surface area contributed by atoms with Gasteiger partial charge in [-0.2, -0.15) is 5.10 Å². The zero-order chi connectivity index (χ0) is 16.1. The smallest absolute Gasteiger partial charge is 0.246 e. The summed E-state index contributed by atoms with van der Waals surface area (Å²) < 4.78 is 3.02. The van der Waals surface area contributed by atoms with E-state index in [1.165, 1.54) is 0 Å². The van der Waals surface area contributed by atoms with Crippen molar-refractivity contribution in [1.29, 1.82) is 0 Å². The quantitative estimate of drug-likeness (QED) is 0.437. The minimum atomic E-state index is -0.398. The molecule has 3 aromatic rings. The molecule has 1 unspecified atom stereocenters. The van der Waals surface area contributed by atoms with Gasteiger partial charge in [0.2, 0.25) is 5.91 Å². The van der Waals surface area contributed by atoms with Gasteiger partial charge >= 0.3 is 0 Å². The minimum Gasteiger partial charge on any atom is -0.324 e. The summed E-state index contributed by atoms with van der Waals surface area (Å²) in [5, 5.41) is 9.65. The zero-order valence-corrected chi connectivity index (χ0v) is 14.3. The molecule has 3 rings (SSSR count). The fourth-order valence-electron chi connectivity index (χ4n) is 2.28. The van der Waals surface area contributed by atoms with Crippen molar-refractivity contribution >= 4 is 34.5 Å². The predicted octanol–water partition coefficient (Wildman–Crippen LogP) is 3.70. The number of carbonyl (C=O) groups excluding carboxylic acids is 1. The molecule has 0 aliphatic carbocycles. The molecule has 1 aromatic heterocycles. The summed E-state index contributed by atoms with van der Waals surface area (Å²) in [6.07, 6.45) is 3.60. The number of benzene rings is 2. The number of halogens is 1. The molecule has 0 fully saturated rings. The van der Waals surface area contributed by atoms with Gasteiger partial charge in [0.25, 0.3) is 0 Å². The average Bonchev–Trinajstić information content (AvgIpc) is 3.12. The summed E-state index contributed by atoms with van der Waals surface area (Å²) in [4.78, 5) is 12.5. The molecule has 0 spiro atoms. The second kappa shape index (κ2) is 7.38. The Morgan fingerprint density at radius 3 is 2.39 bits per heavy atom. The van der Waals surface area contributed by atoms with E-state index in [0.29, 0.717) is 0 Å². The molecular weight excluding hydrogens is 403 g/mol. The molecule has 0 radical (unpaired) electrons. The molecule has 1 heterocycles. The molecule has 1 amide bonds. The Balaban J connectivity index is 1.72. The van der Waals surface area contributed by atoms with E-state index in [4.69, 9.17) is 0 Å².